The lowest BCUT2D eigenvalue weighted by Gasteiger charge is -2.25. The number of nitrogens with zero attached hydrogens (tertiary/aromatic N) is 2. The summed E-state index contributed by atoms with van der Waals surface area (Å²) in [6.07, 6.45) is 1.99. The summed E-state index contributed by atoms with van der Waals surface area (Å²) in [5, 5.41) is 28.7. The molecular weight excluding hydrogens is 410 g/mol. The molecule has 12 heteroatoms. The molecule has 2 aliphatic carbocycles. The summed E-state index contributed by atoms with van der Waals surface area (Å²) in [6.45, 7) is 3.84. The molecule has 28 heavy (non-hydrogen) atoms. The smallest absolute Gasteiger partial charge is 0.309 e. The van der Waals surface area contributed by atoms with Gasteiger partial charge in [0.15, 0.2) is 5.16 Å². The van der Waals surface area contributed by atoms with Crippen LogP contribution in [0.15, 0.2) is 11.5 Å². The van der Waals surface area contributed by atoms with E-state index in [0.29, 0.717) is 11.6 Å². The Balaban J connectivity index is 0.00000280. The molecule has 1 aromatic rings. The van der Waals surface area contributed by atoms with E-state index in [1.54, 1.807) is 0 Å². The van der Waals surface area contributed by atoms with Crippen molar-refractivity contribution < 1.29 is 24.6 Å². The third kappa shape index (κ3) is 3.83. The first-order chi connectivity index (χ1) is 12.7. The van der Waals surface area contributed by atoms with E-state index in [2.05, 4.69) is 20.5 Å². The Morgan fingerprint density at radius 3 is 2.57 bits per heavy atom. The van der Waals surface area contributed by atoms with Gasteiger partial charge in [0.05, 0.1) is 23.4 Å². The summed E-state index contributed by atoms with van der Waals surface area (Å²) in [7, 11) is 0. The van der Waals surface area contributed by atoms with E-state index in [1.807, 2.05) is 13.8 Å². The second-order valence-electron chi connectivity index (χ2n) is 7.57. The summed E-state index contributed by atoms with van der Waals surface area (Å²) in [6, 6.07) is -0.814. The molecular formula is C16H24ClN5O5S. The predicted octanol–water partition coefficient (Wildman–Crippen LogP) is 0.351. The molecule has 10 nitrogen and oxygen atoms in total. The Morgan fingerprint density at radius 1 is 1.39 bits per heavy atom. The molecule has 0 radical (unpaired) electrons. The van der Waals surface area contributed by atoms with Gasteiger partial charge in [0.1, 0.15) is 6.33 Å². The van der Waals surface area contributed by atoms with Gasteiger partial charge in [-0.1, -0.05) is 25.6 Å². The van der Waals surface area contributed by atoms with Gasteiger partial charge < -0.3 is 21.3 Å². The van der Waals surface area contributed by atoms with E-state index < -0.39 is 47.2 Å². The fourth-order valence-corrected chi connectivity index (χ4v) is 5.65. The molecule has 6 atom stereocenters. The lowest BCUT2D eigenvalue weighted by Crippen LogP contribution is -2.52. The Labute approximate surface area is 171 Å². The largest absolute Gasteiger partial charge is 0.481 e. The van der Waals surface area contributed by atoms with Gasteiger partial charge in [0.25, 0.3) is 0 Å². The highest BCUT2D eigenvalue weighted by Crippen LogP contribution is 2.67. The molecule has 0 aliphatic heterocycles. The van der Waals surface area contributed by atoms with Crippen LogP contribution >= 0.6 is 24.2 Å². The first-order valence-electron chi connectivity index (χ1n) is 8.73. The van der Waals surface area contributed by atoms with Crippen LogP contribution in [0.2, 0.25) is 0 Å². The number of carboxylic acids is 2. The SMILES string of the molecule is CC(C)C[C@H](N)C(=O)NC12C(C(=O)O)CC(Sc3ncn[nH]3)C1C2C(=O)O.Cl. The number of aromatic amines is 1. The Morgan fingerprint density at radius 2 is 2.07 bits per heavy atom. The van der Waals surface area contributed by atoms with Crippen LogP contribution in [0.1, 0.15) is 26.7 Å². The van der Waals surface area contributed by atoms with Gasteiger partial charge >= 0.3 is 11.9 Å². The molecule has 1 heterocycles. The standard InChI is InChI=1S/C16H23N5O5S.ClH/c1-6(2)3-8(17)12(22)20-16-7(13(23)24)4-9(10(16)11(16)14(25)26)27-15-18-5-19-21-15;/h5-11H,3-4,17H2,1-2H3,(H,20,22)(H,23,24)(H,25,26)(H,18,19,21);1H/t7?,8-,9?,10?,11?,16?;/m0./s1. The lowest BCUT2D eigenvalue weighted by atomic mass is 9.93. The number of nitrogens with one attached hydrogen (secondary N) is 2. The van der Waals surface area contributed by atoms with Crippen LogP contribution in [0, 0.1) is 23.7 Å². The topological polar surface area (TPSA) is 171 Å². The molecule has 0 bridgehead atoms. The zero-order valence-corrected chi connectivity index (χ0v) is 17.0. The molecule has 1 amide bonds. The van der Waals surface area contributed by atoms with Gasteiger partial charge in [-0.3, -0.25) is 19.5 Å². The number of rotatable bonds is 8. The molecule has 1 aromatic heterocycles. The Hall–Kier alpha value is -1.85. The minimum atomic E-state index is -1.32. The van der Waals surface area contributed by atoms with Crippen LogP contribution in [-0.2, 0) is 14.4 Å². The van der Waals surface area contributed by atoms with Crippen molar-refractivity contribution in [1.29, 1.82) is 0 Å². The number of nitrogens with two attached hydrogens (primary N) is 1. The fraction of sp³-hybridized carbons (Fsp3) is 0.688. The highest BCUT2D eigenvalue weighted by molar-refractivity contribution is 7.99. The fourth-order valence-electron chi connectivity index (χ4n) is 4.33. The van der Waals surface area contributed by atoms with Crippen LogP contribution in [0.4, 0.5) is 0 Å². The quantitative estimate of drug-likeness (QED) is 0.387. The molecule has 0 spiro atoms. The molecule has 5 unspecified atom stereocenters. The van der Waals surface area contributed by atoms with Gasteiger partial charge in [-0.25, -0.2) is 4.98 Å². The third-order valence-corrected chi connectivity index (χ3v) is 6.59. The van der Waals surface area contributed by atoms with E-state index in [4.69, 9.17) is 5.73 Å². The monoisotopic (exact) mass is 433 g/mol. The first kappa shape index (κ1) is 22.4. The number of hydrogen-bond acceptors (Lipinski definition) is 7. The number of carboxylic acid groups (broad SMARTS) is 2. The zero-order valence-electron chi connectivity index (χ0n) is 15.4. The minimum Gasteiger partial charge on any atom is -0.481 e. The maximum Gasteiger partial charge on any atom is 0.309 e. The molecule has 0 aromatic carbocycles. The molecule has 2 aliphatic rings. The van der Waals surface area contributed by atoms with E-state index in [9.17, 15) is 24.6 Å². The lowest BCUT2D eigenvalue weighted by molar-refractivity contribution is -0.145. The molecule has 0 saturated heterocycles. The number of halogens is 1. The molecule has 6 N–H and O–H groups in total. The van der Waals surface area contributed by atoms with E-state index >= 15 is 0 Å². The summed E-state index contributed by atoms with van der Waals surface area (Å²) < 4.78 is 0. The third-order valence-electron chi connectivity index (χ3n) is 5.38. The Bertz CT molecular complexity index is 748. The molecule has 2 saturated carbocycles. The summed E-state index contributed by atoms with van der Waals surface area (Å²) in [4.78, 5) is 40.3. The van der Waals surface area contributed by atoms with Crippen LogP contribution in [0.25, 0.3) is 0 Å². The van der Waals surface area contributed by atoms with Crippen molar-refractivity contribution in [3.8, 4) is 0 Å². The number of amides is 1. The van der Waals surface area contributed by atoms with Gasteiger partial charge in [0.2, 0.25) is 5.91 Å². The van der Waals surface area contributed by atoms with Crippen molar-refractivity contribution in [2.75, 3.05) is 0 Å². The maximum atomic E-state index is 12.6. The summed E-state index contributed by atoms with van der Waals surface area (Å²) >= 11 is 1.26. The first-order valence-corrected chi connectivity index (χ1v) is 9.61. The Kier molecular flexibility index (Phi) is 6.62. The highest BCUT2D eigenvalue weighted by atomic mass is 35.5. The highest BCUT2D eigenvalue weighted by Gasteiger charge is 2.80. The number of carbonyl (C=O) groups is 3. The van der Waals surface area contributed by atoms with Gasteiger partial charge in [-0.05, 0) is 18.8 Å². The van der Waals surface area contributed by atoms with Crippen LogP contribution < -0.4 is 11.1 Å². The second kappa shape index (κ2) is 8.26. The van der Waals surface area contributed by atoms with Crippen LogP contribution in [-0.4, -0.2) is 60.1 Å². The van der Waals surface area contributed by atoms with E-state index in [0.717, 1.165) is 0 Å². The van der Waals surface area contributed by atoms with E-state index in [-0.39, 0.29) is 30.0 Å². The van der Waals surface area contributed by atoms with Gasteiger partial charge in [-0.2, -0.15) is 5.10 Å². The average Bonchev–Trinajstić information content (AvgIpc) is 2.87. The number of H-pyrrole nitrogens is 1. The zero-order chi connectivity index (χ0) is 19.9. The summed E-state index contributed by atoms with van der Waals surface area (Å²) in [5.74, 6) is -5.05. The number of thioether (sulfide) groups is 1. The molecule has 3 rings (SSSR count). The predicted molar refractivity (Wildman–Crippen MR) is 102 cm³/mol. The second-order valence-corrected chi connectivity index (χ2v) is 8.80. The van der Waals surface area contributed by atoms with Crippen molar-refractivity contribution in [1.82, 2.24) is 20.5 Å². The number of aliphatic carboxylic acids is 2. The molecule has 156 valence electrons. The van der Waals surface area contributed by atoms with Gasteiger partial charge in [-0.15, -0.1) is 12.4 Å². The van der Waals surface area contributed by atoms with E-state index in [1.165, 1.54) is 18.1 Å². The van der Waals surface area contributed by atoms with Crippen LogP contribution in [0.3, 0.4) is 0 Å². The van der Waals surface area contributed by atoms with Crippen molar-refractivity contribution in [3.05, 3.63) is 6.33 Å². The van der Waals surface area contributed by atoms with Gasteiger partial charge in [0, 0.05) is 11.2 Å². The number of aromatic nitrogens is 3. The number of fused-ring (bicyclic) bond motifs is 1. The normalized spacial score (nSPS) is 31.6. The number of carbonyl (C=O) groups excluding carboxylic acids is 1. The summed E-state index contributed by atoms with van der Waals surface area (Å²) in [5.41, 5.74) is 4.61. The van der Waals surface area contributed by atoms with Crippen molar-refractivity contribution in [3.63, 3.8) is 0 Å². The van der Waals surface area contributed by atoms with Crippen molar-refractivity contribution in [2.45, 2.75) is 48.7 Å². The van der Waals surface area contributed by atoms with Crippen molar-refractivity contribution >= 4 is 42.0 Å². The maximum absolute atomic E-state index is 12.6. The van der Waals surface area contributed by atoms with Crippen molar-refractivity contribution in [2.24, 2.45) is 29.4 Å². The minimum absolute atomic E-state index is 0. The molecule has 2 fully saturated rings. The van der Waals surface area contributed by atoms with Crippen LogP contribution in [0.5, 0.6) is 0 Å². The average molecular weight is 434 g/mol. The number of hydrogen-bond donors (Lipinski definition) is 5.